The van der Waals surface area contributed by atoms with E-state index in [1.807, 2.05) is 12.4 Å². The van der Waals surface area contributed by atoms with Gasteiger partial charge in [0.2, 0.25) is 0 Å². The number of unbranched alkanes of at least 4 members (excludes halogenated alkanes) is 5. The van der Waals surface area contributed by atoms with E-state index >= 15 is 0 Å². The Kier molecular flexibility index (Phi) is 9.92. The maximum absolute atomic E-state index is 5.61. The molecule has 4 heteroatoms. The lowest BCUT2D eigenvalue weighted by molar-refractivity contribution is 0.106. The molecule has 1 rings (SSSR count). The summed E-state index contributed by atoms with van der Waals surface area (Å²) >= 11 is 0. The molecule has 0 atom stereocenters. The SMILES string of the molecule is CC(C)COCCCCCCCCOc1ncc(C(C)(C)C)cn1. The van der Waals surface area contributed by atoms with Crippen LogP contribution in [0.15, 0.2) is 12.4 Å². The topological polar surface area (TPSA) is 44.2 Å². The highest BCUT2D eigenvalue weighted by atomic mass is 16.5. The fourth-order valence-electron chi connectivity index (χ4n) is 2.27. The highest BCUT2D eigenvalue weighted by molar-refractivity contribution is 5.16. The molecule has 0 saturated carbocycles. The van der Waals surface area contributed by atoms with Gasteiger partial charge in [0.1, 0.15) is 0 Å². The summed E-state index contributed by atoms with van der Waals surface area (Å²) in [5, 5.41) is 0. The van der Waals surface area contributed by atoms with Gasteiger partial charge in [-0.05, 0) is 29.7 Å². The van der Waals surface area contributed by atoms with Crippen LogP contribution in [0.25, 0.3) is 0 Å². The molecule has 0 unspecified atom stereocenters. The predicted molar refractivity (Wildman–Crippen MR) is 99.6 cm³/mol. The van der Waals surface area contributed by atoms with Crippen LogP contribution in [0.2, 0.25) is 0 Å². The van der Waals surface area contributed by atoms with Gasteiger partial charge in [-0.25, -0.2) is 9.97 Å². The molecular formula is C20H36N2O2. The summed E-state index contributed by atoms with van der Waals surface area (Å²) in [6, 6.07) is 0.491. The molecule has 0 aliphatic heterocycles. The Bertz CT molecular complexity index is 424. The smallest absolute Gasteiger partial charge is 0.316 e. The van der Waals surface area contributed by atoms with E-state index in [4.69, 9.17) is 9.47 Å². The number of nitrogens with zero attached hydrogens (tertiary/aromatic N) is 2. The minimum Gasteiger partial charge on any atom is -0.463 e. The van der Waals surface area contributed by atoms with Gasteiger partial charge in [0.25, 0.3) is 0 Å². The van der Waals surface area contributed by atoms with Gasteiger partial charge in [-0.2, -0.15) is 0 Å². The van der Waals surface area contributed by atoms with E-state index in [0.29, 0.717) is 18.5 Å². The Balaban J connectivity index is 1.97. The lowest BCUT2D eigenvalue weighted by atomic mass is 9.89. The molecule has 0 bridgehead atoms. The van der Waals surface area contributed by atoms with Crippen LogP contribution in [0.3, 0.4) is 0 Å². The number of hydrogen-bond donors (Lipinski definition) is 0. The van der Waals surface area contributed by atoms with Gasteiger partial charge in [-0.15, -0.1) is 0 Å². The van der Waals surface area contributed by atoms with Gasteiger partial charge in [0.15, 0.2) is 0 Å². The van der Waals surface area contributed by atoms with Crippen molar-refractivity contribution in [3.05, 3.63) is 18.0 Å². The molecule has 1 aromatic rings. The largest absolute Gasteiger partial charge is 0.463 e. The molecule has 0 amide bonds. The minimum absolute atomic E-state index is 0.0817. The van der Waals surface area contributed by atoms with Crippen LogP contribution in [0.4, 0.5) is 0 Å². The molecule has 0 radical (unpaired) electrons. The Morgan fingerprint density at radius 2 is 1.42 bits per heavy atom. The highest BCUT2D eigenvalue weighted by Crippen LogP contribution is 2.20. The van der Waals surface area contributed by atoms with Crippen LogP contribution >= 0.6 is 0 Å². The third-order valence-corrected chi connectivity index (χ3v) is 3.86. The van der Waals surface area contributed by atoms with E-state index in [-0.39, 0.29) is 5.41 Å². The molecule has 0 N–H and O–H groups in total. The zero-order valence-corrected chi connectivity index (χ0v) is 16.3. The Labute approximate surface area is 148 Å². The first-order valence-corrected chi connectivity index (χ1v) is 9.42. The molecule has 1 heterocycles. The molecule has 138 valence electrons. The molecule has 0 spiro atoms. The van der Waals surface area contributed by atoms with Crippen molar-refractivity contribution in [3.63, 3.8) is 0 Å². The van der Waals surface area contributed by atoms with Gasteiger partial charge in [-0.1, -0.05) is 60.3 Å². The second-order valence-electron chi connectivity index (χ2n) is 7.94. The predicted octanol–water partition coefficient (Wildman–Crippen LogP) is 5.17. The van der Waals surface area contributed by atoms with Crippen LogP contribution in [-0.4, -0.2) is 29.8 Å². The molecule has 0 aliphatic rings. The number of rotatable bonds is 12. The average molecular weight is 337 g/mol. The Morgan fingerprint density at radius 1 is 0.875 bits per heavy atom. The zero-order valence-electron chi connectivity index (χ0n) is 16.3. The maximum atomic E-state index is 5.61. The van der Waals surface area contributed by atoms with Crippen molar-refractivity contribution >= 4 is 0 Å². The van der Waals surface area contributed by atoms with E-state index < -0.39 is 0 Å². The lowest BCUT2D eigenvalue weighted by Crippen LogP contribution is -2.12. The number of ether oxygens (including phenoxy) is 2. The van der Waals surface area contributed by atoms with Crippen LogP contribution < -0.4 is 4.74 Å². The van der Waals surface area contributed by atoms with Crippen LogP contribution in [0.1, 0.15) is 78.7 Å². The van der Waals surface area contributed by atoms with Crippen molar-refractivity contribution in [1.82, 2.24) is 9.97 Å². The summed E-state index contributed by atoms with van der Waals surface area (Å²) in [5.41, 5.74) is 1.21. The maximum Gasteiger partial charge on any atom is 0.316 e. The van der Waals surface area contributed by atoms with E-state index in [0.717, 1.165) is 25.2 Å². The first-order chi connectivity index (χ1) is 11.4. The molecule has 24 heavy (non-hydrogen) atoms. The summed E-state index contributed by atoms with van der Waals surface area (Å²) in [5.74, 6) is 0.638. The fraction of sp³-hybridized carbons (Fsp3) is 0.800. The average Bonchev–Trinajstić information content (AvgIpc) is 2.52. The first kappa shape index (κ1) is 20.9. The Morgan fingerprint density at radius 3 is 1.96 bits per heavy atom. The van der Waals surface area contributed by atoms with E-state index in [9.17, 15) is 0 Å². The van der Waals surface area contributed by atoms with Gasteiger partial charge in [-0.3, -0.25) is 0 Å². The van der Waals surface area contributed by atoms with Gasteiger partial charge < -0.3 is 9.47 Å². The van der Waals surface area contributed by atoms with Gasteiger partial charge in [0, 0.05) is 25.6 Å². The standard InChI is InChI=1S/C20H36N2O2/c1-17(2)16-23-12-10-8-6-7-9-11-13-24-19-21-14-18(15-22-19)20(3,4)5/h14-15,17H,6-13,16H2,1-5H3. The van der Waals surface area contributed by atoms with E-state index in [2.05, 4.69) is 44.6 Å². The van der Waals surface area contributed by atoms with Crippen LogP contribution in [0, 0.1) is 5.92 Å². The monoisotopic (exact) mass is 336 g/mol. The molecule has 0 aromatic carbocycles. The zero-order chi connectivity index (χ0) is 17.8. The van der Waals surface area contributed by atoms with Crippen molar-refractivity contribution in [3.8, 4) is 6.01 Å². The van der Waals surface area contributed by atoms with Gasteiger partial charge >= 0.3 is 6.01 Å². The van der Waals surface area contributed by atoms with Gasteiger partial charge in [0.05, 0.1) is 6.61 Å². The van der Waals surface area contributed by atoms with Crippen molar-refractivity contribution in [2.75, 3.05) is 19.8 Å². The molecule has 0 fully saturated rings. The van der Waals surface area contributed by atoms with Crippen molar-refractivity contribution in [2.45, 2.75) is 78.6 Å². The van der Waals surface area contributed by atoms with E-state index in [1.54, 1.807) is 0 Å². The lowest BCUT2D eigenvalue weighted by Gasteiger charge is -2.17. The highest BCUT2D eigenvalue weighted by Gasteiger charge is 2.14. The molecule has 0 aliphatic carbocycles. The summed E-state index contributed by atoms with van der Waals surface area (Å²) in [6.07, 6.45) is 11.0. The number of hydrogen-bond acceptors (Lipinski definition) is 4. The second-order valence-corrected chi connectivity index (χ2v) is 7.94. The van der Waals surface area contributed by atoms with Crippen LogP contribution in [0.5, 0.6) is 6.01 Å². The Hall–Kier alpha value is -1.16. The summed E-state index contributed by atoms with van der Waals surface area (Å²) in [6.45, 7) is 13.3. The normalized spacial score (nSPS) is 11.9. The molecule has 0 saturated heterocycles. The molecular weight excluding hydrogens is 300 g/mol. The summed E-state index contributed by atoms with van der Waals surface area (Å²) in [7, 11) is 0. The molecule has 1 aromatic heterocycles. The quantitative estimate of drug-likeness (QED) is 0.494. The van der Waals surface area contributed by atoms with Crippen molar-refractivity contribution < 1.29 is 9.47 Å². The van der Waals surface area contributed by atoms with Crippen molar-refractivity contribution in [1.29, 1.82) is 0 Å². The van der Waals surface area contributed by atoms with E-state index in [1.165, 1.54) is 32.1 Å². The molecule has 4 nitrogen and oxygen atoms in total. The summed E-state index contributed by atoms with van der Waals surface area (Å²) in [4.78, 5) is 8.57. The number of aromatic nitrogens is 2. The minimum atomic E-state index is 0.0817. The summed E-state index contributed by atoms with van der Waals surface area (Å²) < 4.78 is 11.2. The van der Waals surface area contributed by atoms with Crippen LogP contribution in [-0.2, 0) is 10.2 Å². The second kappa shape index (κ2) is 11.4. The third kappa shape index (κ3) is 9.86. The van der Waals surface area contributed by atoms with Crippen molar-refractivity contribution in [2.24, 2.45) is 5.92 Å². The third-order valence-electron chi connectivity index (χ3n) is 3.86. The first-order valence-electron chi connectivity index (χ1n) is 9.42. The fourth-order valence-corrected chi connectivity index (χ4v) is 2.27.